The van der Waals surface area contributed by atoms with Crippen LogP contribution in [0.4, 0.5) is 10.2 Å². The fraction of sp³-hybridized carbons (Fsp3) is 0.500. The molecule has 1 amide bonds. The van der Waals surface area contributed by atoms with E-state index in [9.17, 15) is 4.79 Å². The number of hydrogen-bond acceptors (Lipinski definition) is 6. The van der Waals surface area contributed by atoms with E-state index in [1.165, 1.54) is 6.07 Å². The summed E-state index contributed by atoms with van der Waals surface area (Å²) in [6, 6.07) is 1.51. The van der Waals surface area contributed by atoms with Crippen molar-refractivity contribution in [1.82, 2.24) is 19.7 Å². The summed E-state index contributed by atoms with van der Waals surface area (Å²) in [4.78, 5) is 22.1. The average Bonchev–Trinajstić information content (AvgIpc) is 3.19. The summed E-state index contributed by atoms with van der Waals surface area (Å²) in [6.45, 7) is 9.32. The smallest absolute Gasteiger partial charge is 0.258 e. The van der Waals surface area contributed by atoms with Crippen LogP contribution in [-0.2, 0) is 4.74 Å². The number of nitrogens with two attached hydrogens (primary N) is 1. The van der Waals surface area contributed by atoms with Gasteiger partial charge in [0.25, 0.3) is 5.91 Å². The van der Waals surface area contributed by atoms with E-state index >= 15 is 4.39 Å². The third-order valence-electron chi connectivity index (χ3n) is 6.60. The Balaban J connectivity index is 1.72. The summed E-state index contributed by atoms with van der Waals surface area (Å²) in [5.74, 6) is -0.0922. The molecular weight excluding hydrogens is 485 g/mol. The van der Waals surface area contributed by atoms with Crippen LogP contribution < -0.4 is 15.8 Å². The fourth-order valence-electron chi connectivity index (χ4n) is 4.74. The molecule has 0 spiro atoms. The second-order valence-corrected chi connectivity index (χ2v) is 9.95. The summed E-state index contributed by atoms with van der Waals surface area (Å²) >= 11 is 6.33. The number of rotatable bonds is 8. The number of nitrogens with one attached hydrogen (secondary N) is 1. The van der Waals surface area contributed by atoms with E-state index < -0.39 is 17.6 Å². The largest absolute Gasteiger partial charge is 0.490 e. The van der Waals surface area contributed by atoms with Gasteiger partial charge >= 0.3 is 0 Å². The minimum Gasteiger partial charge on any atom is -0.490 e. The van der Waals surface area contributed by atoms with Crippen molar-refractivity contribution < 1.29 is 18.7 Å². The summed E-state index contributed by atoms with van der Waals surface area (Å²) in [7, 11) is 0. The number of carbonyl (C=O) groups excluding carboxylic acids is 1. The van der Waals surface area contributed by atoms with Crippen LogP contribution in [0.2, 0.25) is 5.02 Å². The van der Waals surface area contributed by atoms with Gasteiger partial charge in [-0.3, -0.25) is 9.20 Å². The first-order valence-corrected chi connectivity index (χ1v) is 12.7. The highest BCUT2D eigenvalue weighted by atomic mass is 35.5. The van der Waals surface area contributed by atoms with Gasteiger partial charge in [-0.2, -0.15) is 0 Å². The Labute approximate surface area is 215 Å². The zero-order chi connectivity index (χ0) is 26.0. The lowest BCUT2D eigenvalue weighted by Crippen LogP contribution is -2.29. The maximum absolute atomic E-state index is 15.4. The molecule has 3 aromatic rings. The van der Waals surface area contributed by atoms with Crippen LogP contribution in [0.25, 0.3) is 5.52 Å². The molecule has 2 aromatic heterocycles. The second kappa shape index (κ2) is 11.0. The van der Waals surface area contributed by atoms with E-state index in [-0.39, 0.29) is 22.4 Å². The molecule has 1 atom stereocenters. The van der Waals surface area contributed by atoms with Crippen molar-refractivity contribution in [3.8, 4) is 5.75 Å². The number of anilines is 1. The van der Waals surface area contributed by atoms with Crippen molar-refractivity contribution in [2.75, 3.05) is 25.5 Å². The van der Waals surface area contributed by atoms with Crippen molar-refractivity contribution in [3.05, 3.63) is 51.9 Å². The number of fused-ring (bicyclic) bond motifs is 1. The molecule has 0 radical (unpaired) electrons. The summed E-state index contributed by atoms with van der Waals surface area (Å²) in [5, 5.41) is 2.72. The fourth-order valence-corrected chi connectivity index (χ4v) is 4.95. The van der Waals surface area contributed by atoms with Gasteiger partial charge in [0.2, 0.25) is 0 Å². The molecule has 1 aliphatic rings. The first kappa shape index (κ1) is 26.2. The van der Waals surface area contributed by atoms with Crippen molar-refractivity contribution in [2.24, 2.45) is 5.92 Å². The number of benzene rings is 1. The van der Waals surface area contributed by atoms with Gasteiger partial charge in [0.1, 0.15) is 28.5 Å². The lowest BCUT2D eigenvalue weighted by molar-refractivity contribution is 0.0635. The third-order valence-corrected chi connectivity index (χ3v) is 6.87. The minimum atomic E-state index is -0.801. The standard InChI is InChI=1S/C26H33ClFN5O3/c1-14(2)36-23-18(15(3)25-32-16(4)22-24(29)30-9-10-33(22)25)13-19(27)21(28)20(23)26(34)31-8-5-17-6-11-35-12-7-17/h9-10,13-15,17H,5-8,11-12H2,1-4H3,(H2,29,30)(H,31,34)/t15-/m0/s1. The maximum Gasteiger partial charge on any atom is 0.258 e. The number of halogens is 2. The number of hydrogen-bond donors (Lipinski definition) is 2. The van der Waals surface area contributed by atoms with E-state index in [2.05, 4.69) is 10.3 Å². The molecule has 36 heavy (non-hydrogen) atoms. The quantitative estimate of drug-likeness (QED) is 0.440. The monoisotopic (exact) mass is 517 g/mol. The lowest BCUT2D eigenvalue weighted by Gasteiger charge is -2.23. The highest BCUT2D eigenvalue weighted by molar-refractivity contribution is 6.31. The Bertz CT molecular complexity index is 1260. The number of imidazole rings is 1. The highest BCUT2D eigenvalue weighted by Crippen LogP contribution is 2.40. The molecule has 1 saturated heterocycles. The van der Waals surface area contributed by atoms with Crippen LogP contribution in [0.1, 0.15) is 73.4 Å². The number of carbonyl (C=O) groups is 1. The van der Waals surface area contributed by atoms with Crippen molar-refractivity contribution in [2.45, 2.75) is 59.0 Å². The Kier molecular flexibility index (Phi) is 8.00. The zero-order valence-electron chi connectivity index (χ0n) is 21.1. The van der Waals surface area contributed by atoms with Gasteiger partial charge in [-0.15, -0.1) is 0 Å². The Morgan fingerprint density at radius 1 is 1.36 bits per heavy atom. The lowest BCUT2D eigenvalue weighted by atomic mass is 9.95. The summed E-state index contributed by atoms with van der Waals surface area (Å²) in [5.41, 5.74) is 7.87. The molecule has 0 aliphatic carbocycles. The molecule has 1 fully saturated rings. The van der Waals surface area contributed by atoms with E-state index in [4.69, 9.17) is 31.8 Å². The van der Waals surface area contributed by atoms with Crippen LogP contribution >= 0.6 is 11.6 Å². The number of amides is 1. The van der Waals surface area contributed by atoms with Gasteiger partial charge in [0.05, 0.1) is 16.8 Å². The Hall–Kier alpha value is -2.91. The van der Waals surface area contributed by atoms with Gasteiger partial charge in [-0.1, -0.05) is 18.5 Å². The SMILES string of the molecule is Cc1nc([C@@H](C)c2cc(Cl)c(F)c(C(=O)NCCC3CCOCC3)c2OC(C)C)n2ccnc(N)c12. The Morgan fingerprint density at radius 2 is 2.08 bits per heavy atom. The molecule has 0 bridgehead atoms. The predicted molar refractivity (Wildman–Crippen MR) is 137 cm³/mol. The number of nitrogens with zero attached hydrogens (tertiary/aromatic N) is 3. The molecule has 4 rings (SSSR count). The van der Waals surface area contributed by atoms with E-state index in [0.29, 0.717) is 40.9 Å². The average molecular weight is 518 g/mol. The minimum absolute atomic E-state index is 0.152. The van der Waals surface area contributed by atoms with E-state index in [1.54, 1.807) is 12.4 Å². The van der Waals surface area contributed by atoms with Gasteiger partial charge < -0.3 is 20.5 Å². The number of aryl methyl sites for hydroxylation is 1. The number of aromatic nitrogens is 3. The molecule has 194 valence electrons. The predicted octanol–water partition coefficient (Wildman–Crippen LogP) is 4.90. The van der Waals surface area contributed by atoms with Gasteiger partial charge in [-0.25, -0.2) is 14.4 Å². The number of nitrogen functional groups attached to an aromatic ring is 1. The molecule has 1 aliphatic heterocycles. The molecule has 8 nitrogen and oxygen atoms in total. The van der Waals surface area contributed by atoms with Crippen molar-refractivity contribution in [3.63, 3.8) is 0 Å². The van der Waals surface area contributed by atoms with E-state index in [1.807, 2.05) is 32.1 Å². The van der Waals surface area contributed by atoms with Gasteiger partial charge in [0.15, 0.2) is 5.82 Å². The van der Waals surface area contributed by atoms with E-state index in [0.717, 1.165) is 32.5 Å². The van der Waals surface area contributed by atoms with Crippen LogP contribution in [0.5, 0.6) is 5.75 Å². The molecule has 0 unspecified atom stereocenters. The first-order valence-electron chi connectivity index (χ1n) is 12.3. The molecule has 0 saturated carbocycles. The topological polar surface area (TPSA) is 104 Å². The Morgan fingerprint density at radius 3 is 2.78 bits per heavy atom. The molecule has 3 N–H and O–H groups in total. The van der Waals surface area contributed by atoms with Crippen LogP contribution in [-0.4, -0.2) is 46.1 Å². The number of ether oxygens (including phenoxy) is 2. The van der Waals surface area contributed by atoms with Crippen LogP contribution in [0.15, 0.2) is 18.5 Å². The molecule has 3 heterocycles. The maximum atomic E-state index is 15.4. The summed E-state index contributed by atoms with van der Waals surface area (Å²) < 4.78 is 28.7. The molecule has 10 heteroatoms. The second-order valence-electron chi connectivity index (χ2n) is 9.54. The first-order chi connectivity index (χ1) is 17.2. The van der Waals surface area contributed by atoms with Gasteiger partial charge in [-0.05, 0) is 52.0 Å². The van der Waals surface area contributed by atoms with Crippen molar-refractivity contribution in [1.29, 1.82) is 0 Å². The third kappa shape index (κ3) is 5.27. The highest BCUT2D eigenvalue weighted by Gasteiger charge is 2.30. The summed E-state index contributed by atoms with van der Waals surface area (Å²) in [6.07, 6.45) is 5.79. The molecule has 1 aromatic carbocycles. The zero-order valence-corrected chi connectivity index (χ0v) is 21.9. The van der Waals surface area contributed by atoms with Crippen LogP contribution in [0.3, 0.4) is 0 Å². The van der Waals surface area contributed by atoms with Crippen molar-refractivity contribution >= 4 is 28.8 Å². The normalized spacial score (nSPS) is 15.4. The molecular formula is C26H33ClFN5O3. The van der Waals surface area contributed by atoms with Crippen LogP contribution in [0, 0.1) is 18.7 Å². The van der Waals surface area contributed by atoms with Gasteiger partial charge in [0, 0.05) is 43.6 Å².